The van der Waals surface area contributed by atoms with Crippen LogP contribution >= 0.6 is 12.2 Å². The average Bonchev–Trinajstić information content (AvgIpc) is 2.62. The van der Waals surface area contributed by atoms with E-state index in [2.05, 4.69) is 17.6 Å². The molecule has 0 unspecified atom stereocenters. The lowest BCUT2D eigenvalue weighted by molar-refractivity contribution is -0.136. The highest BCUT2D eigenvalue weighted by Gasteiger charge is 2.31. The Bertz CT molecular complexity index is 703. The van der Waals surface area contributed by atoms with Crippen molar-refractivity contribution in [2.24, 2.45) is 0 Å². The second-order valence-corrected chi connectivity index (χ2v) is 6.31. The van der Waals surface area contributed by atoms with E-state index in [1.807, 2.05) is 25.1 Å². The molecule has 0 radical (unpaired) electrons. The molecule has 1 aliphatic heterocycles. The number of allylic oxidation sites excluding steroid dienone is 1. The third kappa shape index (κ3) is 4.66. The van der Waals surface area contributed by atoms with E-state index in [-0.39, 0.29) is 0 Å². The van der Waals surface area contributed by atoms with Gasteiger partial charge in [0.05, 0.1) is 31.9 Å². The molecule has 6 nitrogen and oxygen atoms in total. The minimum absolute atomic E-state index is 0.406. The van der Waals surface area contributed by atoms with Crippen LogP contribution in [-0.2, 0) is 9.53 Å². The van der Waals surface area contributed by atoms with E-state index in [4.69, 9.17) is 26.4 Å². The molecule has 0 aliphatic carbocycles. The first-order valence-corrected chi connectivity index (χ1v) is 9.18. The van der Waals surface area contributed by atoms with Gasteiger partial charge in [-0.15, -0.1) is 0 Å². The van der Waals surface area contributed by atoms with Crippen molar-refractivity contribution in [3.8, 4) is 11.5 Å². The van der Waals surface area contributed by atoms with Crippen molar-refractivity contribution >= 4 is 23.3 Å². The van der Waals surface area contributed by atoms with Gasteiger partial charge in [-0.05, 0) is 50.2 Å². The largest absolute Gasteiger partial charge is 0.490 e. The highest BCUT2D eigenvalue weighted by molar-refractivity contribution is 7.80. The van der Waals surface area contributed by atoms with E-state index in [1.54, 1.807) is 6.92 Å². The first-order valence-electron chi connectivity index (χ1n) is 8.77. The summed E-state index contributed by atoms with van der Waals surface area (Å²) in [5.41, 5.74) is 2.01. The van der Waals surface area contributed by atoms with Crippen LogP contribution in [-0.4, -0.2) is 31.4 Å². The summed E-state index contributed by atoms with van der Waals surface area (Å²) in [7, 11) is 1.36. The fourth-order valence-corrected chi connectivity index (χ4v) is 3.01. The lowest BCUT2D eigenvalue weighted by Gasteiger charge is -2.30. The summed E-state index contributed by atoms with van der Waals surface area (Å²) >= 11 is 5.25. The summed E-state index contributed by atoms with van der Waals surface area (Å²) in [6, 6.07) is 5.24. The van der Waals surface area contributed by atoms with E-state index in [0.717, 1.165) is 18.4 Å². The number of thiocarbonyl (C=S) groups is 1. The molecule has 0 fully saturated rings. The third-order valence-electron chi connectivity index (χ3n) is 4.03. The first kappa shape index (κ1) is 20.0. The lowest BCUT2D eigenvalue weighted by Crippen LogP contribution is -2.45. The monoisotopic (exact) mass is 378 g/mol. The van der Waals surface area contributed by atoms with Crippen molar-refractivity contribution in [1.82, 2.24) is 10.6 Å². The molecule has 1 aromatic carbocycles. The van der Waals surface area contributed by atoms with Crippen LogP contribution in [0.1, 0.15) is 45.2 Å². The molecule has 2 N–H and O–H groups in total. The van der Waals surface area contributed by atoms with E-state index in [0.29, 0.717) is 41.1 Å². The van der Waals surface area contributed by atoms with Gasteiger partial charge < -0.3 is 24.8 Å². The second kappa shape index (κ2) is 9.43. The van der Waals surface area contributed by atoms with E-state index in [1.165, 1.54) is 7.11 Å². The fraction of sp³-hybridized carbons (Fsp3) is 0.474. The molecule has 1 aliphatic rings. The van der Waals surface area contributed by atoms with Crippen LogP contribution in [0.15, 0.2) is 29.5 Å². The molecule has 7 heteroatoms. The van der Waals surface area contributed by atoms with Crippen molar-refractivity contribution in [2.75, 3.05) is 20.3 Å². The molecule has 0 saturated heterocycles. The zero-order valence-corrected chi connectivity index (χ0v) is 16.5. The zero-order chi connectivity index (χ0) is 19.1. The highest BCUT2D eigenvalue weighted by atomic mass is 32.1. The molecule has 1 heterocycles. The molecule has 0 saturated carbocycles. The zero-order valence-electron chi connectivity index (χ0n) is 15.7. The first-order chi connectivity index (χ1) is 12.5. The van der Waals surface area contributed by atoms with Crippen LogP contribution < -0.4 is 20.1 Å². The smallest absolute Gasteiger partial charge is 0.337 e. The molecule has 0 aromatic heterocycles. The number of hydrogen-bond acceptors (Lipinski definition) is 5. The van der Waals surface area contributed by atoms with Crippen LogP contribution in [0.4, 0.5) is 0 Å². The van der Waals surface area contributed by atoms with Gasteiger partial charge in [0.1, 0.15) is 0 Å². The van der Waals surface area contributed by atoms with Gasteiger partial charge in [-0.25, -0.2) is 4.79 Å². The number of unbranched alkanes of at least 4 members (excludes halogenated alkanes) is 1. The Hall–Kier alpha value is -2.28. The summed E-state index contributed by atoms with van der Waals surface area (Å²) < 4.78 is 16.5. The standard InChI is InChI=1S/C19H26N2O4S/c1-5-7-10-25-14-9-8-13(11-15(14)24-6-2)17-16(18(22)23-4)12(3)20-19(26)21-17/h8-9,11,17H,5-7,10H2,1-4H3,(H2,20,21,26)/t17-/m1/s1. The maximum absolute atomic E-state index is 12.3. The molecular formula is C19H26N2O4S. The van der Waals surface area contributed by atoms with Gasteiger partial charge in [0, 0.05) is 5.70 Å². The molecule has 2 rings (SSSR count). The van der Waals surface area contributed by atoms with Crippen molar-refractivity contribution in [2.45, 2.75) is 39.7 Å². The Kier molecular flexibility index (Phi) is 7.26. The highest BCUT2D eigenvalue weighted by Crippen LogP contribution is 2.34. The minimum Gasteiger partial charge on any atom is -0.490 e. The van der Waals surface area contributed by atoms with Gasteiger partial charge >= 0.3 is 5.97 Å². The molecule has 1 atom stereocenters. The number of benzene rings is 1. The topological polar surface area (TPSA) is 68.8 Å². The normalized spacial score (nSPS) is 16.6. The molecule has 142 valence electrons. The van der Waals surface area contributed by atoms with Crippen LogP contribution in [0.5, 0.6) is 11.5 Å². The number of nitrogens with one attached hydrogen (secondary N) is 2. The quantitative estimate of drug-likeness (QED) is 0.409. The van der Waals surface area contributed by atoms with Gasteiger partial charge in [0.15, 0.2) is 16.6 Å². The lowest BCUT2D eigenvalue weighted by atomic mass is 9.95. The number of hydrogen-bond donors (Lipinski definition) is 2. The van der Waals surface area contributed by atoms with Crippen molar-refractivity contribution in [3.05, 3.63) is 35.0 Å². The number of carbonyl (C=O) groups excluding carboxylic acids is 1. The summed E-state index contributed by atoms with van der Waals surface area (Å²) in [4.78, 5) is 12.3. The van der Waals surface area contributed by atoms with E-state index < -0.39 is 12.0 Å². The van der Waals surface area contributed by atoms with Gasteiger partial charge in [0.2, 0.25) is 0 Å². The van der Waals surface area contributed by atoms with E-state index >= 15 is 0 Å². The van der Waals surface area contributed by atoms with Gasteiger partial charge in [-0.3, -0.25) is 0 Å². The molecule has 0 bridgehead atoms. The van der Waals surface area contributed by atoms with E-state index in [9.17, 15) is 4.79 Å². The van der Waals surface area contributed by atoms with Crippen LogP contribution in [0.3, 0.4) is 0 Å². The number of methoxy groups -OCH3 is 1. The van der Waals surface area contributed by atoms with Crippen molar-refractivity contribution < 1.29 is 19.0 Å². The Balaban J connectivity index is 2.38. The van der Waals surface area contributed by atoms with Gasteiger partial charge in [-0.2, -0.15) is 0 Å². The van der Waals surface area contributed by atoms with Gasteiger partial charge in [0.25, 0.3) is 0 Å². The Labute approximate surface area is 159 Å². The maximum atomic E-state index is 12.3. The summed E-state index contributed by atoms with van der Waals surface area (Å²) in [6.45, 7) is 7.00. The molecule has 0 amide bonds. The fourth-order valence-electron chi connectivity index (χ4n) is 2.74. The predicted molar refractivity (Wildman–Crippen MR) is 104 cm³/mol. The molecule has 26 heavy (non-hydrogen) atoms. The summed E-state index contributed by atoms with van der Waals surface area (Å²) in [5, 5.41) is 6.57. The molecule has 0 spiro atoms. The van der Waals surface area contributed by atoms with Gasteiger partial charge in [-0.1, -0.05) is 19.4 Å². The Morgan fingerprint density at radius 1 is 1.23 bits per heavy atom. The number of ether oxygens (including phenoxy) is 3. The summed E-state index contributed by atoms with van der Waals surface area (Å²) in [6.07, 6.45) is 2.04. The van der Waals surface area contributed by atoms with Crippen LogP contribution in [0.2, 0.25) is 0 Å². The average molecular weight is 378 g/mol. The SMILES string of the molecule is CCCCOc1ccc([C@H]2NC(=S)NC(C)=C2C(=O)OC)cc1OCC. The number of carbonyl (C=O) groups is 1. The van der Waals surface area contributed by atoms with Crippen molar-refractivity contribution in [3.63, 3.8) is 0 Å². The summed E-state index contributed by atoms with van der Waals surface area (Å²) in [5.74, 6) is 0.936. The van der Waals surface area contributed by atoms with Crippen LogP contribution in [0.25, 0.3) is 0 Å². The van der Waals surface area contributed by atoms with Crippen molar-refractivity contribution in [1.29, 1.82) is 0 Å². The molecular weight excluding hydrogens is 352 g/mol. The Morgan fingerprint density at radius 3 is 2.65 bits per heavy atom. The number of rotatable bonds is 8. The maximum Gasteiger partial charge on any atom is 0.337 e. The van der Waals surface area contributed by atoms with Crippen LogP contribution in [0, 0.1) is 0 Å². The Morgan fingerprint density at radius 2 is 2.00 bits per heavy atom. The second-order valence-electron chi connectivity index (χ2n) is 5.90. The molecule has 1 aromatic rings. The predicted octanol–water partition coefficient (Wildman–Crippen LogP) is 3.23. The number of esters is 1. The minimum atomic E-state index is -0.417. The third-order valence-corrected chi connectivity index (χ3v) is 4.25.